The summed E-state index contributed by atoms with van der Waals surface area (Å²) in [7, 11) is 0. The fourth-order valence-electron chi connectivity index (χ4n) is 2.85. The molecule has 0 saturated heterocycles. The number of hydrogen-bond donors (Lipinski definition) is 1. The Morgan fingerprint density at radius 3 is 2.76 bits per heavy atom. The lowest BCUT2D eigenvalue weighted by molar-refractivity contribution is 0.190. The maximum Gasteiger partial charge on any atom is 0.126 e. The van der Waals surface area contributed by atoms with E-state index < -0.39 is 6.10 Å². The van der Waals surface area contributed by atoms with Crippen molar-refractivity contribution in [1.29, 1.82) is 0 Å². The van der Waals surface area contributed by atoms with Crippen LogP contribution >= 0.6 is 15.9 Å². The molecule has 110 valence electrons. The Morgan fingerprint density at radius 2 is 1.95 bits per heavy atom. The first kappa shape index (κ1) is 14.6. The van der Waals surface area contributed by atoms with Gasteiger partial charge in [-0.15, -0.1) is 0 Å². The van der Waals surface area contributed by atoms with Crippen molar-refractivity contribution in [3.63, 3.8) is 0 Å². The van der Waals surface area contributed by atoms with Crippen LogP contribution in [0.4, 0.5) is 0 Å². The molecule has 0 saturated carbocycles. The minimum atomic E-state index is -0.534. The first-order chi connectivity index (χ1) is 10.1. The monoisotopic (exact) mass is 346 g/mol. The molecule has 0 heterocycles. The van der Waals surface area contributed by atoms with Crippen LogP contribution in [0.2, 0.25) is 0 Å². The van der Waals surface area contributed by atoms with Gasteiger partial charge in [0.15, 0.2) is 0 Å². The summed E-state index contributed by atoms with van der Waals surface area (Å²) in [5, 5.41) is 9.82. The average Bonchev–Trinajstić information content (AvgIpc) is 2.92. The van der Waals surface area contributed by atoms with E-state index in [-0.39, 0.29) is 0 Å². The number of fused-ring (bicyclic) bond motifs is 1. The summed E-state index contributed by atoms with van der Waals surface area (Å²) in [6, 6.07) is 12.3. The second kappa shape index (κ2) is 6.20. The highest BCUT2D eigenvalue weighted by Gasteiger charge is 2.12. The lowest BCUT2D eigenvalue weighted by Gasteiger charge is -2.14. The number of aliphatic hydroxyl groups excluding tert-OH is 1. The van der Waals surface area contributed by atoms with Gasteiger partial charge in [0.1, 0.15) is 12.4 Å². The second-order valence-electron chi connectivity index (χ2n) is 5.60. The molecular formula is C18H19BrO2. The molecule has 2 aromatic rings. The molecule has 0 spiro atoms. The van der Waals surface area contributed by atoms with E-state index in [2.05, 4.69) is 34.1 Å². The van der Waals surface area contributed by atoms with Crippen LogP contribution in [0.15, 0.2) is 40.9 Å². The van der Waals surface area contributed by atoms with E-state index >= 15 is 0 Å². The highest BCUT2D eigenvalue weighted by molar-refractivity contribution is 9.10. The third-order valence-corrected chi connectivity index (χ3v) is 4.48. The lowest BCUT2D eigenvalue weighted by Crippen LogP contribution is -2.01. The molecule has 2 aromatic carbocycles. The predicted molar refractivity (Wildman–Crippen MR) is 87.6 cm³/mol. The largest absolute Gasteiger partial charge is 0.488 e. The number of halogens is 1. The number of rotatable bonds is 4. The normalized spacial score (nSPS) is 14.8. The standard InChI is InChI=1S/C18H19BrO2/c1-12(20)17-8-7-16(19)10-18(17)21-11-13-5-6-14-3-2-4-15(14)9-13/h5-10,12,20H,2-4,11H2,1H3. The van der Waals surface area contributed by atoms with Gasteiger partial charge in [0.2, 0.25) is 0 Å². The molecule has 0 amide bonds. The van der Waals surface area contributed by atoms with E-state index in [0.717, 1.165) is 15.8 Å². The van der Waals surface area contributed by atoms with Crippen LogP contribution in [-0.2, 0) is 19.4 Å². The van der Waals surface area contributed by atoms with E-state index in [9.17, 15) is 5.11 Å². The highest BCUT2D eigenvalue weighted by Crippen LogP contribution is 2.30. The molecule has 1 atom stereocenters. The first-order valence-electron chi connectivity index (χ1n) is 7.34. The average molecular weight is 347 g/mol. The summed E-state index contributed by atoms with van der Waals surface area (Å²) in [6.45, 7) is 2.29. The Bertz CT molecular complexity index is 650. The van der Waals surface area contributed by atoms with E-state index in [1.807, 2.05) is 18.2 Å². The van der Waals surface area contributed by atoms with Crippen LogP contribution in [0.25, 0.3) is 0 Å². The molecule has 1 aliphatic carbocycles. The fraction of sp³-hybridized carbons (Fsp3) is 0.333. The second-order valence-corrected chi connectivity index (χ2v) is 6.52. The van der Waals surface area contributed by atoms with E-state index in [0.29, 0.717) is 6.61 Å². The van der Waals surface area contributed by atoms with E-state index in [4.69, 9.17) is 4.74 Å². The van der Waals surface area contributed by atoms with Crippen molar-refractivity contribution >= 4 is 15.9 Å². The third kappa shape index (κ3) is 3.30. The Hall–Kier alpha value is -1.32. The summed E-state index contributed by atoms with van der Waals surface area (Å²) in [6.07, 6.45) is 3.11. The number of ether oxygens (including phenoxy) is 1. The lowest BCUT2D eigenvalue weighted by atomic mass is 10.1. The molecule has 0 radical (unpaired) electrons. The van der Waals surface area contributed by atoms with Gasteiger partial charge in [-0.3, -0.25) is 0 Å². The van der Waals surface area contributed by atoms with Crippen LogP contribution in [0.1, 0.15) is 41.7 Å². The molecule has 0 fully saturated rings. The minimum Gasteiger partial charge on any atom is -0.488 e. The van der Waals surface area contributed by atoms with E-state index in [1.165, 1.54) is 36.0 Å². The third-order valence-electron chi connectivity index (χ3n) is 3.98. The molecule has 0 aromatic heterocycles. The Morgan fingerprint density at radius 1 is 1.14 bits per heavy atom. The molecule has 21 heavy (non-hydrogen) atoms. The zero-order valence-electron chi connectivity index (χ0n) is 12.1. The summed E-state index contributed by atoms with van der Waals surface area (Å²) < 4.78 is 6.89. The topological polar surface area (TPSA) is 29.5 Å². The van der Waals surface area contributed by atoms with Crippen molar-refractivity contribution in [2.45, 2.75) is 38.9 Å². The number of benzene rings is 2. The van der Waals surface area contributed by atoms with Crippen LogP contribution in [-0.4, -0.2) is 5.11 Å². The van der Waals surface area contributed by atoms with Gasteiger partial charge >= 0.3 is 0 Å². The summed E-state index contributed by atoms with van der Waals surface area (Å²) in [4.78, 5) is 0. The Labute approximate surface area is 133 Å². The van der Waals surface area contributed by atoms with Gasteiger partial charge in [0.05, 0.1) is 6.10 Å². The molecule has 3 heteroatoms. The van der Waals surface area contributed by atoms with Crippen LogP contribution < -0.4 is 4.74 Å². The number of aryl methyl sites for hydroxylation is 2. The van der Waals surface area contributed by atoms with Crippen molar-refractivity contribution < 1.29 is 9.84 Å². The zero-order valence-corrected chi connectivity index (χ0v) is 13.7. The minimum absolute atomic E-state index is 0.531. The highest BCUT2D eigenvalue weighted by atomic mass is 79.9. The van der Waals surface area contributed by atoms with Gasteiger partial charge in [0.25, 0.3) is 0 Å². The molecule has 3 rings (SSSR count). The van der Waals surface area contributed by atoms with Crippen LogP contribution in [0.3, 0.4) is 0 Å². The summed E-state index contributed by atoms with van der Waals surface area (Å²) in [5.74, 6) is 0.736. The van der Waals surface area contributed by atoms with Gasteiger partial charge in [0, 0.05) is 10.0 Å². The Balaban J connectivity index is 1.77. The van der Waals surface area contributed by atoms with Crippen molar-refractivity contribution in [3.8, 4) is 5.75 Å². The van der Waals surface area contributed by atoms with Crippen LogP contribution in [0, 0.1) is 0 Å². The molecule has 0 bridgehead atoms. The molecule has 2 nitrogen and oxygen atoms in total. The van der Waals surface area contributed by atoms with Gasteiger partial charge in [-0.1, -0.05) is 40.2 Å². The van der Waals surface area contributed by atoms with Crippen molar-refractivity contribution in [1.82, 2.24) is 0 Å². The maximum absolute atomic E-state index is 9.82. The molecule has 1 N–H and O–H groups in total. The Kier molecular flexibility index (Phi) is 4.32. The smallest absolute Gasteiger partial charge is 0.126 e. The maximum atomic E-state index is 9.82. The molecule has 0 aliphatic heterocycles. The van der Waals surface area contributed by atoms with Crippen LogP contribution in [0.5, 0.6) is 5.75 Å². The van der Waals surface area contributed by atoms with Gasteiger partial charge in [-0.25, -0.2) is 0 Å². The molecular weight excluding hydrogens is 328 g/mol. The molecule has 1 aliphatic rings. The van der Waals surface area contributed by atoms with Crippen molar-refractivity contribution in [2.24, 2.45) is 0 Å². The van der Waals surface area contributed by atoms with Crippen molar-refractivity contribution in [3.05, 3.63) is 63.1 Å². The first-order valence-corrected chi connectivity index (χ1v) is 8.14. The quantitative estimate of drug-likeness (QED) is 0.878. The van der Waals surface area contributed by atoms with Crippen molar-refractivity contribution in [2.75, 3.05) is 0 Å². The zero-order chi connectivity index (χ0) is 14.8. The van der Waals surface area contributed by atoms with Gasteiger partial charge in [-0.05, 0) is 55.0 Å². The van der Waals surface area contributed by atoms with Gasteiger partial charge in [-0.2, -0.15) is 0 Å². The molecule has 1 unspecified atom stereocenters. The summed E-state index contributed by atoms with van der Waals surface area (Å²) in [5.41, 5.74) is 4.94. The fourth-order valence-corrected chi connectivity index (χ4v) is 3.19. The predicted octanol–water partition coefficient (Wildman–Crippen LogP) is 4.57. The SMILES string of the molecule is CC(O)c1ccc(Br)cc1OCc1ccc2c(c1)CCC2. The number of hydrogen-bond acceptors (Lipinski definition) is 2. The van der Waals surface area contributed by atoms with E-state index in [1.54, 1.807) is 6.92 Å². The number of aliphatic hydroxyl groups is 1. The summed E-state index contributed by atoms with van der Waals surface area (Å²) >= 11 is 3.45. The van der Waals surface area contributed by atoms with Gasteiger partial charge < -0.3 is 9.84 Å².